The minimum Gasteiger partial charge on any atom is -0.456 e. The minimum absolute atomic E-state index is 0.0767. The Labute approximate surface area is 353 Å². The number of benzene rings is 8. The van der Waals surface area contributed by atoms with E-state index in [1.54, 1.807) is 0 Å². The Morgan fingerprint density at radius 1 is 0.600 bits per heavy atom. The second-order valence-corrected chi connectivity index (χ2v) is 19.5. The topological polar surface area (TPSA) is 30.1 Å². The van der Waals surface area contributed by atoms with Crippen molar-refractivity contribution in [3.05, 3.63) is 162 Å². The summed E-state index contributed by atoms with van der Waals surface area (Å²) in [5.41, 5.74) is 19.2. The van der Waals surface area contributed by atoms with Gasteiger partial charge in [0.1, 0.15) is 11.2 Å². The lowest BCUT2D eigenvalue weighted by Gasteiger charge is -2.27. The number of aromatic nitrogens is 1. The first-order valence-corrected chi connectivity index (χ1v) is 21.8. The van der Waals surface area contributed by atoms with E-state index in [4.69, 9.17) is 4.42 Å². The quantitative estimate of drug-likeness (QED) is 0.181. The van der Waals surface area contributed by atoms with Crippen molar-refractivity contribution in [3.63, 3.8) is 0 Å². The minimum atomic E-state index is -0.115. The van der Waals surface area contributed by atoms with Gasteiger partial charge in [-0.25, -0.2) is 0 Å². The molecule has 4 heterocycles. The standard InChI is InChI=1S/C55H40BN2OS/c1-54(2,3)30-18-20-31(21-19-30)57-43-26-39-33-13-8-11-17-48(33)60-49(39)28-38(43)34-22-23-36-50-44(24-25-47-51(50)35-14-7-10-16-46(35)59-47)58-45-27-37-32-12-6-9-15-40(32)55(4,5)41(37)29-42(45)56-52(34)53(36)58/h6-29,57H,1-5H3. The molecule has 8 aromatic carbocycles. The van der Waals surface area contributed by atoms with Crippen LogP contribution in [0.5, 0.6) is 0 Å². The highest BCUT2D eigenvalue weighted by Crippen LogP contribution is 2.50. The number of fused-ring (bicyclic) bond motifs is 15. The smallest absolute Gasteiger partial charge is 0.197 e. The molecule has 0 saturated carbocycles. The Morgan fingerprint density at radius 2 is 1.38 bits per heavy atom. The number of para-hydroxylation sites is 1. The van der Waals surface area contributed by atoms with Crippen molar-refractivity contribution in [1.29, 1.82) is 0 Å². The zero-order valence-electron chi connectivity index (χ0n) is 34.2. The van der Waals surface area contributed by atoms with Gasteiger partial charge in [0.2, 0.25) is 0 Å². The molecule has 0 spiro atoms. The van der Waals surface area contributed by atoms with Crippen molar-refractivity contribution in [3.8, 4) is 27.9 Å². The first-order chi connectivity index (χ1) is 29.1. The monoisotopic (exact) mass is 787 g/mol. The molecule has 0 unspecified atom stereocenters. The fourth-order valence-corrected chi connectivity index (χ4v) is 11.7. The lowest BCUT2D eigenvalue weighted by Crippen LogP contribution is -2.38. The number of thiophene rings is 1. The second kappa shape index (κ2) is 11.8. The zero-order chi connectivity index (χ0) is 40.2. The number of anilines is 2. The van der Waals surface area contributed by atoms with Crippen molar-refractivity contribution < 1.29 is 4.42 Å². The lowest BCUT2D eigenvalue weighted by atomic mass is 9.58. The summed E-state index contributed by atoms with van der Waals surface area (Å²) in [5, 5.41) is 11.3. The first kappa shape index (κ1) is 34.3. The van der Waals surface area contributed by atoms with Gasteiger partial charge in [-0.1, -0.05) is 131 Å². The maximum atomic E-state index is 6.52. The zero-order valence-corrected chi connectivity index (χ0v) is 35.0. The molecule has 1 radical (unpaired) electrons. The van der Waals surface area contributed by atoms with E-state index in [0.29, 0.717) is 0 Å². The van der Waals surface area contributed by atoms with Gasteiger partial charge in [-0.05, 0) is 98.9 Å². The highest BCUT2D eigenvalue weighted by molar-refractivity contribution is 7.25. The van der Waals surface area contributed by atoms with Gasteiger partial charge in [0, 0.05) is 75.3 Å². The summed E-state index contributed by atoms with van der Waals surface area (Å²) < 4.78 is 11.7. The summed E-state index contributed by atoms with van der Waals surface area (Å²) in [6, 6.07) is 54.2. The molecule has 1 N–H and O–H groups in total. The van der Waals surface area contributed by atoms with E-state index < -0.39 is 0 Å². The maximum absolute atomic E-state index is 6.52. The van der Waals surface area contributed by atoms with E-state index in [9.17, 15) is 0 Å². The third-order valence-electron chi connectivity index (χ3n) is 13.6. The highest BCUT2D eigenvalue weighted by atomic mass is 32.1. The molecule has 1 aliphatic carbocycles. The van der Waals surface area contributed by atoms with Gasteiger partial charge in [-0.2, -0.15) is 0 Å². The SMILES string of the molecule is CC(C)(C)c1ccc(Nc2cc3c(cc2-c2ccc4c5c6c(ccc5n5c4c2[B]c2cc4c(cc2-5)-c2ccccc2C4(C)C)oc2ccccc26)sc2ccccc23)cc1. The molecule has 3 nitrogen and oxygen atoms in total. The molecular formula is C55H40BN2OS. The highest BCUT2D eigenvalue weighted by Gasteiger charge is 2.38. The van der Waals surface area contributed by atoms with E-state index in [1.165, 1.54) is 103 Å². The average Bonchev–Trinajstić information content (AvgIpc) is 3.97. The van der Waals surface area contributed by atoms with Crippen LogP contribution in [0.1, 0.15) is 51.3 Å². The van der Waals surface area contributed by atoms with Crippen LogP contribution in [-0.2, 0) is 10.8 Å². The van der Waals surface area contributed by atoms with E-state index in [-0.39, 0.29) is 10.8 Å². The second-order valence-electron chi connectivity index (χ2n) is 18.4. The predicted octanol–water partition coefficient (Wildman–Crippen LogP) is 14.0. The normalized spacial score (nSPS) is 14.0. The van der Waals surface area contributed by atoms with Crippen LogP contribution in [0.3, 0.4) is 0 Å². The number of hydrogen-bond acceptors (Lipinski definition) is 3. The molecule has 0 fully saturated rings. The van der Waals surface area contributed by atoms with Gasteiger partial charge >= 0.3 is 0 Å². The Kier molecular flexibility index (Phi) is 6.75. The van der Waals surface area contributed by atoms with E-state index in [1.807, 2.05) is 11.3 Å². The molecule has 0 saturated heterocycles. The van der Waals surface area contributed by atoms with Crippen LogP contribution < -0.4 is 16.2 Å². The fraction of sp³-hybridized carbons (Fsp3) is 0.127. The van der Waals surface area contributed by atoms with E-state index in [0.717, 1.165) is 27.9 Å². The van der Waals surface area contributed by atoms with Crippen molar-refractivity contribution in [2.45, 2.75) is 45.4 Å². The predicted molar refractivity (Wildman–Crippen MR) is 257 cm³/mol. The lowest BCUT2D eigenvalue weighted by molar-refractivity contribution is 0.590. The molecular weight excluding hydrogens is 747 g/mol. The maximum Gasteiger partial charge on any atom is 0.197 e. The molecule has 0 atom stereocenters. The van der Waals surface area contributed by atoms with Crippen molar-refractivity contribution in [2.75, 3.05) is 5.32 Å². The van der Waals surface area contributed by atoms with E-state index in [2.05, 4.69) is 197 Å². The van der Waals surface area contributed by atoms with Crippen LogP contribution in [0.2, 0.25) is 0 Å². The number of furan rings is 1. The van der Waals surface area contributed by atoms with Crippen molar-refractivity contribution >= 4 is 105 Å². The molecule has 5 heteroatoms. The number of nitrogens with one attached hydrogen (secondary N) is 1. The first-order valence-electron chi connectivity index (χ1n) is 21.0. The van der Waals surface area contributed by atoms with Crippen LogP contribution >= 0.6 is 11.3 Å². The molecule has 0 amide bonds. The summed E-state index contributed by atoms with van der Waals surface area (Å²) in [6.07, 6.45) is 0. The van der Waals surface area contributed by atoms with Crippen LogP contribution in [-0.4, -0.2) is 11.8 Å². The van der Waals surface area contributed by atoms with Gasteiger partial charge in [-0.3, -0.25) is 0 Å². The van der Waals surface area contributed by atoms with Crippen LogP contribution in [0.25, 0.3) is 91.9 Å². The van der Waals surface area contributed by atoms with Crippen molar-refractivity contribution in [2.24, 2.45) is 0 Å². The number of rotatable bonds is 3. The average molecular weight is 788 g/mol. The largest absolute Gasteiger partial charge is 0.456 e. The molecule has 13 rings (SSSR count). The summed E-state index contributed by atoms with van der Waals surface area (Å²) in [5.74, 6) is 0. The molecule has 285 valence electrons. The Hall–Kier alpha value is -6.56. The van der Waals surface area contributed by atoms with Crippen LogP contribution in [0.4, 0.5) is 11.4 Å². The van der Waals surface area contributed by atoms with Crippen LogP contribution in [0, 0.1) is 0 Å². The Balaban J connectivity index is 1.12. The third-order valence-corrected chi connectivity index (χ3v) is 14.7. The Morgan fingerprint density at radius 3 is 2.23 bits per heavy atom. The fourth-order valence-electron chi connectivity index (χ4n) is 10.6. The van der Waals surface area contributed by atoms with E-state index >= 15 is 0 Å². The van der Waals surface area contributed by atoms with Crippen molar-refractivity contribution in [1.82, 2.24) is 4.57 Å². The molecule has 11 aromatic rings. The van der Waals surface area contributed by atoms with Gasteiger partial charge in [0.25, 0.3) is 0 Å². The summed E-state index contributed by atoms with van der Waals surface area (Å²) in [4.78, 5) is 0. The van der Waals surface area contributed by atoms with Gasteiger partial charge in [0.05, 0.1) is 5.52 Å². The molecule has 1 aliphatic heterocycles. The summed E-state index contributed by atoms with van der Waals surface area (Å²) in [6.45, 7) is 11.6. The molecule has 0 bridgehead atoms. The summed E-state index contributed by atoms with van der Waals surface area (Å²) >= 11 is 1.87. The third kappa shape index (κ3) is 4.61. The molecule has 3 aromatic heterocycles. The van der Waals surface area contributed by atoms with Crippen LogP contribution in [0.15, 0.2) is 150 Å². The Bertz CT molecular complexity index is 3670. The molecule has 2 aliphatic rings. The number of nitrogens with zero attached hydrogens (tertiary/aromatic N) is 1. The number of hydrogen-bond donors (Lipinski definition) is 1. The molecule has 60 heavy (non-hydrogen) atoms. The van der Waals surface area contributed by atoms with Gasteiger partial charge < -0.3 is 14.3 Å². The van der Waals surface area contributed by atoms with Gasteiger partial charge in [0.15, 0.2) is 7.28 Å². The van der Waals surface area contributed by atoms with Gasteiger partial charge in [-0.15, -0.1) is 11.3 Å². The summed E-state index contributed by atoms with van der Waals surface area (Å²) in [7, 11) is 2.48.